The van der Waals surface area contributed by atoms with Crippen molar-refractivity contribution in [1.29, 1.82) is 0 Å². The average Bonchev–Trinajstić information content (AvgIpc) is 2.29. The van der Waals surface area contributed by atoms with Gasteiger partial charge in [-0.05, 0) is 6.07 Å². The summed E-state index contributed by atoms with van der Waals surface area (Å²) in [5.41, 5.74) is 0.521. The molecule has 0 fully saturated rings. The number of aliphatic hydroxyl groups is 2. The van der Waals surface area contributed by atoms with Crippen LogP contribution in [-0.2, 0) is 0 Å². The van der Waals surface area contributed by atoms with Crippen LogP contribution in [0.25, 0.3) is 0 Å². The Morgan fingerprint density at radius 2 is 1.82 bits per heavy atom. The van der Waals surface area contributed by atoms with Gasteiger partial charge in [-0.15, -0.1) is 0 Å². The number of aliphatic hydroxyl groups excluding tert-OH is 2. The van der Waals surface area contributed by atoms with Gasteiger partial charge in [0.2, 0.25) is 0 Å². The van der Waals surface area contributed by atoms with Crippen LogP contribution in [0.1, 0.15) is 11.7 Å². The van der Waals surface area contributed by atoms with Crippen LogP contribution in [-0.4, -0.2) is 35.8 Å². The molecule has 1 aromatic carbocycles. The summed E-state index contributed by atoms with van der Waals surface area (Å²) in [5, 5.41) is 21.5. The highest BCUT2D eigenvalue weighted by Crippen LogP contribution is 2.21. The van der Waals surface area contributed by atoms with E-state index >= 15 is 0 Å². The minimum Gasteiger partial charge on any atom is -0.387 e. The van der Waals surface area contributed by atoms with E-state index in [4.69, 9.17) is 16.7 Å². The lowest BCUT2D eigenvalue weighted by atomic mass is 10.1. The number of benzene rings is 1. The maximum atomic E-state index is 12.0. The molecule has 0 heterocycles. The van der Waals surface area contributed by atoms with E-state index < -0.39 is 18.6 Å². The molecule has 0 aliphatic heterocycles. The van der Waals surface area contributed by atoms with Crippen LogP contribution < -0.4 is 5.32 Å². The van der Waals surface area contributed by atoms with E-state index in [0.717, 1.165) is 0 Å². The Hall–Kier alpha value is -0.750. The van der Waals surface area contributed by atoms with Crippen LogP contribution in [0.3, 0.4) is 0 Å². The van der Waals surface area contributed by atoms with Gasteiger partial charge in [-0.25, -0.2) is 8.78 Å². The zero-order valence-electron chi connectivity index (χ0n) is 8.98. The van der Waals surface area contributed by atoms with Crippen molar-refractivity contribution in [3.8, 4) is 0 Å². The molecule has 6 heteroatoms. The first kappa shape index (κ1) is 14.3. The molecule has 3 nitrogen and oxygen atoms in total. The monoisotopic (exact) mass is 265 g/mol. The Morgan fingerprint density at radius 3 is 2.41 bits per heavy atom. The number of alkyl halides is 2. The lowest BCUT2D eigenvalue weighted by molar-refractivity contribution is -0.00462. The van der Waals surface area contributed by atoms with Crippen molar-refractivity contribution < 1.29 is 19.0 Å². The van der Waals surface area contributed by atoms with Crippen molar-refractivity contribution >= 4 is 11.6 Å². The van der Waals surface area contributed by atoms with E-state index in [9.17, 15) is 13.9 Å². The molecular formula is C11H14ClF2NO2. The van der Waals surface area contributed by atoms with E-state index in [1.807, 2.05) is 0 Å². The van der Waals surface area contributed by atoms with Gasteiger partial charge in [0.25, 0.3) is 6.43 Å². The molecule has 2 atom stereocenters. The third-order valence-corrected chi connectivity index (χ3v) is 2.59. The van der Waals surface area contributed by atoms with Crippen LogP contribution in [0.5, 0.6) is 0 Å². The molecule has 96 valence electrons. The van der Waals surface area contributed by atoms with Crippen LogP contribution in [0.2, 0.25) is 5.02 Å². The van der Waals surface area contributed by atoms with Crippen LogP contribution in [0.15, 0.2) is 24.3 Å². The highest BCUT2D eigenvalue weighted by Gasteiger charge is 2.17. The predicted molar refractivity (Wildman–Crippen MR) is 61.3 cm³/mol. The molecule has 0 radical (unpaired) electrons. The molecule has 1 rings (SSSR count). The van der Waals surface area contributed by atoms with Gasteiger partial charge in [0, 0.05) is 23.7 Å². The SMILES string of the molecule is OC(CNCC(O)C(F)F)c1ccccc1Cl. The predicted octanol–water partition coefficient (Wildman–Crippen LogP) is 1.59. The van der Waals surface area contributed by atoms with E-state index in [0.29, 0.717) is 10.6 Å². The molecule has 1 aromatic rings. The quantitative estimate of drug-likeness (QED) is 0.732. The number of halogens is 3. The van der Waals surface area contributed by atoms with Gasteiger partial charge in [0.05, 0.1) is 6.10 Å². The van der Waals surface area contributed by atoms with Crippen LogP contribution in [0, 0.1) is 0 Å². The summed E-state index contributed by atoms with van der Waals surface area (Å²) in [6, 6.07) is 6.73. The molecule has 0 bridgehead atoms. The van der Waals surface area contributed by atoms with Crippen molar-refractivity contribution in [3.63, 3.8) is 0 Å². The Morgan fingerprint density at radius 1 is 1.18 bits per heavy atom. The summed E-state index contributed by atoms with van der Waals surface area (Å²) < 4.78 is 23.9. The second-order valence-corrected chi connectivity index (χ2v) is 4.00. The minimum absolute atomic E-state index is 0.0491. The lowest BCUT2D eigenvalue weighted by Gasteiger charge is -2.15. The summed E-state index contributed by atoms with van der Waals surface area (Å²) >= 11 is 5.85. The summed E-state index contributed by atoms with van der Waals surface area (Å²) in [6.45, 7) is -0.229. The highest BCUT2D eigenvalue weighted by molar-refractivity contribution is 6.31. The molecule has 3 N–H and O–H groups in total. The van der Waals surface area contributed by atoms with Gasteiger partial charge in [0.15, 0.2) is 0 Å². The highest BCUT2D eigenvalue weighted by atomic mass is 35.5. The molecule has 0 saturated carbocycles. The van der Waals surface area contributed by atoms with E-state index in [1.54, 1.807) is 24.3 Å². The number of rotatable bonds is 6. The van der Waals surface area contributed by atoms with Crippen molar-refractivity contribution in [3.05, 3.63) is 34.9 Å². The molecule has 17 heavy (non-hydrogen) atoms. The number of hydrogen-bond acceptors (Lipinski definition) is 3. The first-order valence-corrected chi connectivity index (χ1v) is 5.49. The molecule has 0 aliphatic rings. The summed E-state index contributed by atoms with van der Waals surface area (Å²) in [4.78, 5) is 0. The maximum Gasteiger partial charge on any atom is 0.265 e. The fraction of sp³-hybridized carbons (Fsp3) is 0.455. The molecule has 2 unspecified atom stereocenters. The Labute approximate surface area is 103 Å². The first-order chi connectivity index (χ1) is 8.02. The summed E-state index contributed by atoms with van der Waals surface area (Å²) in [7, 11) is 0. The largest absolute Gasteiger partial charge is 0.387 e. The Balaban J connectivity index is 2.40. The average molecular weight is 266 g/mol. The molecular weight excluding hydrogens is 252 g/mol. The Kier molecular flexibility index (Phi) is 5.77. The van der Waals surface area contributed by atoms with Crippen molar-refractivity contribution in [2.45, 2.75) is 18.6 Å². The van der Waals surface area contributed by atoms with Gasteiger partial charge < -0.3 is 15.5 Å². The molecule has 0 aromatic heterocycles. The van der Waals surface area contributed by atoms with Gasteiger partial charge in [0.1, 0.15) is 6.10 Å². The molecule has 0 aliphatic carbocycles. The summed E-state index contributed by atoms with van der Waals surface area (Å²) in [6.07, 6.45) is -5.41. The normalized spacial score (nSPS) is 14.9. The lowest BCUT2D eigenvalue weighted by Crippen LogP contribution is -2.34. The van der Waals surface area contributed by atoms with Crippen LogP contribution in [0.4, 0.5) is 8.78 Å². The maximum absolute atomic E-state index is 12.0. The Bertz CT molecular complexity index is 352. The van der Waals surface area contributed by atoms with E-state index in [2.05, 4.69) is 5.32 Å². The van der Waals surface area contributed by atoms with Crippen molar-refractivity contribution in [2.24, 2.45) is 0 Å². The third-order valence-electron chi connectivity index (χ3n) is 2.25. The smallest absolute Gasteiger partial charge is 0.265 e. The molecule has 0 spiro atoms. The van der Waals surface area contributed by atoms with Crippen molar-refractivity contribution in [1.82, 2.24) is 5.32 Å². The van der Waals surface area contributed by atoms with Gasteiger partial charge in [-0.1, -0.05) is 29.8 Å². The number of hydrogen-bond donors (Lipinski definition) is 3. The topological polar surface area (TPSA) is 52.5 Å². The van der Waals surface area contributed by atoms with Gasteiger partial charge in [-0.3, -0.25) is 0 Å². The summed E-state index contributed by atoms with van der Waals surface area (Å²) in [5.74, 6) is 0. The minimum atomic E-state index is -2.79. The fourth-order valence-electron chi connectivity index (χ4n) is 1.31. The van der Waals surface area contributed by atoms with Crippen LogP contribution >= 0.6 is 11.6 Å². The second kappa shape index (κ2) is 6.86. The standard InChI is InChI=1S/C11H14ClF2NO2/c12-8-4-2-1-3-7(8)9(16)5-15-6-10(17)11(13)14/h1-4,9-11,15-17H,5-6H2. The van der Waals surface area contributed by atoms with E-state index in [-0.39, 0.29) is 13.1 Å². The zero-order chi connectivity index (χ0) is 12.8. The van der Waals surface area contributed by atoms with Crippen molar-refractivity contribution in [2.75, 3.05) is 13.1 Å². The van der Waals surface area contributed by atoms with E-state index in [1.165, 1.54) is 0 Å². The second-order valence-electron chi connectivity index (χ2n) is 3.60. The fourth-order valence-corrected chi connectivity index (χ4v) is 1.57. The number of nitrogens with one attached hydrogen (secondary N) is 1. The zero-order valence-corrected chi connectivity index (χ0v) is 9.74. The molecule has 0 saturated heterocycles. The van der Waals surface area contributed by atoms with Gasteiger partial charge in [-0.2, -0.15) is 0 Å². The first-order valence-electron chi connectivity index (χ1n) is 5.11. The third kappa shape index (κ3) is 4.55. The molecule has 0 amide bonds. The van der Waals surface area contributed by atoms with Gasteiger partial charge >= 0.3 is 0 Å².